The molecule has 3 aromatic rings. The van der Waals surface area contributed by atoms with E-state index in [-0.39, 0.29) is 30.2 Å². The number of amides is 2. The number of nitrogens with one attached hydrogen (secondary N) is 1. The molecule has 0 aromatic heterocycles. The molecule has 0 bridgehead atoms. The summed E-state index contributed by atoms with van der Waals surface area (Å²) in [6.45, 7) is 6.75. The van der Waals surface area contributed by atoms with Gasteiger partial charge in [-0.1, -0.05) is 56.1 Å². The van der Waals surface area contributed by atoms with Gasteiger partial charge in [-0.3, -0.25) is 9.59 Å². The van der Waals surface area contributed by atoms with Crippen molar-refractivity contribution in [1.82, 2.24) is 0 Å². The second kappa shape index (κ2) is 9.69. The van der Waals surface area contributed by atoms with Crippen LogP contribution in [0, 0.1) is 5.92 Å². The van der Waals surface area contributed by atoms with Crippen LogP contribution in [0.3, 0.4) is 0 Å². The third-order valence-electron chi connectivity index (χ3n) is 5.77. The Hall–Kier alpha value is -3.02. The first-order valence-corrected chi connectivity index (χ1v) is 11.8. The topological polar surface area (TPSA) is 58.6 Å². The van der Waals surface area contributed by atoms with Crippen molar-refractivity contribution in [2.75, 3.05) is 16.8 Å². The Labute approximate surface area is 209 Å². The Morgan fingerprint density at radius 3 is 2.21 bits per heavy atom. The average molecular weight is 497 g/mol. The van der Waals surface area contributed by atoms with E-state index in [1.165, 1.54) is 10.5 Å². The lowest BCUT2D eigenvalue weighted by molar-refractivity contribution is -0.122. The average Bonchev–Trinajstić information content (AvgIpc) is 3.18. The number of carbonyl (C=O) groups is 2. The number of carbonyl (C=O) groups excluding carboxylic acids is 2. The van der Waals surface area contributed by atoms with E-state index < -0.39 is 5.92 Å². The van der Waals surface area contributed by atoms with Crippen molar-refractivity contribution in [2.45, 2.75) is 32.6 Å². The van der Waals surface area contributed by atoms with Crippen LogP contribution in [-0.4, -0.2) is 18.4 Å². The Morgan fingerprint density at radius 1 is 0.971 bits per heavy atom. The summed E-state index contributed by atoms with van der Waals surface area (Å²) in [4.78, 5) is 26.8. The molecule has 1 atom stereocenters. The Bertz CT molecular complexity index is 1200. The lowest BCUT2D eigenvalue weighted by atomic mass is 9.87. The van der Waals surface area contributed by atoms with Gasteiger partial charge < -0.3 is 15.0 Å². The molecule has 5 nitrogen and oxygen atoms in total. The van der Waals surface area contributed by atoms with Gasteiger partial charge in [0.1, 0.15) is 11.5 Å². The highest BCUT2D eigenvalue weighted by molar-refractivity contribution is 6.36. The van der Waals surface area contributed by atoms with Gasteiger partial charge in [-0.15, -0.1) is 0 Å². The summed E-state index contributed by atoms with van der Waals surface area (Å²) in [5, 5.41) is 3.78. The maximum absolute atomic E-state index is 12.8. The van der Waals surface area contributed by atoms with Gasteiger partial charge in [0.2, 0.25) is 11.8 Å². The van der Waals surface area contributed by atoms with Crippen LogP contribution in [0.25, 0.3) is 0 Å². The molecule has 0 spiro atoms. The van der Waals surface area contributed by atoms with Gasteiger partial charge in [0, 0.05) is 23.7 Å². The van der Waals surface area contributed by atoms with E-state index in [4.69, 9.17) is 27.9 Å². The highest BCUT2D eigenvalue weighted by atomic mass is 35.5. The van der Waals surface area contributed by atoms with Crippen molar-refractivity contribution in [2.24, 2.45) is 5.92 Å². The van der Waals surface area contributed by atoms with Crippen molar-refractivity contribution in [3.63, 3.8) is 0 Å². The second-order valence-electron chi connectivity index (χ2n) is 9.39. The third kappa shape index (κ3) is 5.54. The van der Waals surface area contributed by atoms with E-state index in [1.54, 1.807) is 42.5 Å². The predicted molar refractivity (Wildman–Crippen MR) is 137 cm³/mol. The van der Waals surface area contributed by atoms with Crippen LogP contribution >= 0.6 is 23.2 Å². The van der Waals surface area contributed by atoms with Crippen molar-refractivity contribution in [3.05, 3.63) is 82.3 Å². The number of ether oxygens (including phenoxy) is 1. The van der Waals surface area contributed by atoms with Crippen LogP contribution in [0.2, 0.25) is 10.0 Å². The molecule has 0 saturated carbocycles. The molecule has 1 fully saturated rings. The molecular weight excluding hydrogens is 471 g/mol. The maximum Gasteiger partial charge on any atom is 0.229 e. The minimum atomic E-state index is -0.486. The van der Waals surface area contributed by atoms with Gasteiger partial charge in [0.25, 0.3) is 0 Å². The summed E-state index contributed by atoms with van der Waals surface area (Å²) < 4.78 is 5.92. The van der Waals surface area contributed by atoms with Crippen molar-refractivity contribution >= 4 is 46.4 Å². The van der Waals surface area contributed by atoms with Gasteiger partial charge in [-0.25, -0.2) is 0 Å². The molecule has 176 valence electrons. The molecule has 4 rings (SSSR count). The number of anilines is 2. The van der Waals surface area contributed by atoms with Crippen molar-refractivity contribution in [3.8, 4) is 11.5 Å². The zero-order valence-corrected chi connectivity index (χ0v) is 20.8. The highest BCUT2D eigenvalue weighted by Gasteiger charge is 2.36. The zero-order valence-electron chi connectivity index (χ0n) is 19.3. The number of hydrogen-bond acceptors (Lipinski definition) is 3. The maximum atomic E-state index is 12.8. The van der Waals surface area contributed by atoms with Crippen LogP contribution in [-0.2, 0) is 15.0 Å². The molecule has 0 aliphatic carbocycles. The first kappa shape index (κ1) is 24.1. The van der Waals surface area contributed by atoms with Crippen LogP contribution in [0.5, 0.6) is 11.5 Å². The largest absolute Gasteiger partial charge is 0.457 e. The van der Waals surface area contributed by atoms with Gasteiger partial charge in [-0.2, -0.15) is 0 Å². The fraction of sp³-hybridized carbons (Fsp3) is 0.259. The standard InChI is InChI=1S/C27H26Cl2N2O3/c1-27(2,3)18-4-9-21(10-5-18)34-22-11-7-20(8-12-22)30-26(33)17-14-25(32)31(16-17)24-15-19(28)6-13-23(24)29/h4-13,15,17H,14,16H2,1-3H3,(H,30,33)/t17-/m1/s1. The molecule has 1 heterocycles. The molecule has 0 radical (unpaired) electrons. The van der Waals surface area contributed by atoms with E-state index in [0.717, 1.165) is 5.75 Å². The molecule has 7 heteroatoms. The molecule has 1 aliphatic heterocycles. The Balaban J connectivity index is 1.36. The van der Waals surface area contributed by atoms with Crippen molar-refractivity contribution < 1.29 is 14.3 Å². The lowest BCUT2D eigenvalue weighted by Crippen LogP contribution is -2.28. The first-order valence-electron chi connectivity index (χ1n) is 11.0. The molecular formula is C27H26Cl2N2O3. The summed E-state index contributed by atoms with van der Waals surface area (Å²) >= 11 is 12.3. The number of hydrogen-bond donors (Lipinski definition) is 1. The van der Waals surface area contributed by atoms with E-state index in [1.807, 2.05) is 12.1 Å². The summed E-state index contributed by atoms with van der Waals surface area (Å²) in [6, 6.07) is 20.1. The zero-order chi connectivity index (χ0) is 24.5. The molecule has 34 heavy (non-hydrogen) atoms. The molecule has 1 saturated heterocycles. The molecule has 3 aromatic carbocycles. The third-order valence-corrected chi connectivity index (χ3v) is 6.33. The second-order valence-corrected chi connectivity index (χ2v) is 10.2. The van der Waals surface area contributed by atoms with Gasteiger partial charge >= 0.3 is 0 Å². The minimum Gasteiger partial charge on any atom is -0.457 e. The minimum absolute atomic E-state index is 0.0831. The van der Waals surface area contributed by atoms with Crippen LogP contribution in [0.15, 0.2) is 66.7 Å². The number of halogens is 2. The van der Waals surface area contributed by atoms with Gasteiger partial charge in [0.15, 0.2) is 0 Å². The summed E-state index contributed by atoms with van der Waals surface area (Å²) in [7, 11) is 0. The fourth-order valence-corrected chi connectivity index (χ4v) is 4.20. The quantitative estimate of drug-likeness (QED) is 0.410. The fourth-order valence-electron chi connectivity index (χ4n) is 3.82. The Kier molecular flexibility index (Phi) is 6.87. The lowest BCUT2D eigenvalue weighted by Gasteiger charge is -2.19. The van der Waals surface area contributed by atoms with Crippen LogP contribution < -0.4 is 15.0 Å². The van der Waals surface area contributed by atoms with E-state index in [0.29, 0.717) is 27.2 Å². The molecule has 2 amide bonds. The van der Waals surface area contributed by atoms with E-state index >= 15 is 0 Å². The summed E-state index contributed by atoms with van der Waals surface area (Å²) in [5.41, 5.74) is 2.47. The monoisotopic (exact) mass is 496 g/mol. The van der Waals surface area contributed by atoms with Gasteiger partial charge in [0.05, 0.1) is 16.6 Å². The number of rotatable bonds is 5. The van der Waals surface area contributed by atoms with Gasteiger partial charge in [-0.05, 0) is 65.6 Å². The number of benzene rings is 3. The summed E-state index contributed by atoms with van der Waals surface area (Å²) in [6.07, 6.45) is 0.112. The van der Waals surface area contributed by atoms with Crippen molar-refractivity contribution in [1.29, 1.82) is 0 Å². The normalized spacial score (nSPS) is 16.0. The Morgan fingerprint density at radius 2 is 1.59 bits per heavy atom. The van der Waals surface area contributed by atoms with E-state index in [9.17, 15) is 9.59 Å². The first-order chi connectivity index (χ1) is 16.1. The smallest absolute Gasteiger partial charge is 0.229 e. The molecule has 1 aliphatic rings. The van der Waals surface area contributed by atoms with Crippen LogP contribution in [0.4, 0.5) is 11.4 Å². The number of nitrogens with zero attached hydrogens (tertiary/aromatic N) is 1. The van der Waals surface area contributed by atoms with E-state index in [2.05, 4.69) is 38.2 Å². The molecule has 1 N–H and O–H groups in total. The SMILES string of the molecule is CC(C)(C)c1ccc(Oc2ccc(NC(=O)[C@@H]3CC(=O)N(c4cc(Cl)ccc4Cl)C3)cc2)cc1. The predicted octanol–water partition coefficient (Wildman–Crippen LogP) is 7.07. The summed E-state index contributed by atoms with van der Waals surface area (Å²) in [5.74, 6) is 0.541. The molecule has 0 unspecified atom stereocenters. The van der Waals surface area contributed by atoms with Crippen LogP contribution in [0.1, 0.15) is 32.8 Å². The highest BCUT2D eigenvalue weighted by Crippen LogP contribution is 2.34.